The molecule has 7 heteroatoms. The first-order valence-electron chi connectivity index (χ1n) is 6.18. The summed E-state index contributed by atoms with van der Waals surface area (Å²) >= 11 is 3.37. The minimum atomic E-state index is -0.320. The smallest absolute Gasteiger partial charge is 0.148 e. The zero-order valence-corrected chi connectivity index (χ0v) is 12.5. The van der Waals surface area contributed by atoms with E-state index in [2.05, 4.69) is 43.6 Å². The van der Waals surface area contributed by atoms with Crippen molar-refractivity contribution in [1.82, 2.24) is 9.97 Å². The standard InChI is InChI=1S/C13H15BrFN5/c1-2-3-9-12(17-7-18-13(9)20-16)19-11-6-8(15)4-5-10(11)14/h4-7H,2-3,16H2,1H3,(H2,17,18,19,20). The molecular formula is C13H15BrFN5. The van der Waals surface area contributed by atoms with Crippen LogP contribution in [-0.4, -0.2) is 9.97 Å². The summed E-state index contributed by atoms with van der Waals surface area (Å²) in [5.41, 5.74) is 4.03. The Kier molecular flexibility index (Phi) is 4.86. The van der Waals surface area contributed by atoms with E-state index in [1.54, 1.807) is 6.07 Å². The molecule has 0 aliphatic heterocycles. The molecule has 0 unspecified atom stereocenters. The normalized spacial score (nSPS) is 10.4. The fourth-order valence-electron chi connectivity index (χ4n) is 1.85. The lowest BCUT2D eigenvalue weighted by Crippen LogP contribution is -2.13. The molecule has 0 saturated carbocycles. The zero-order chi connectivity index (χ0) is 14.5. The van der Waals surface area contributed by atoms with Crippen LogP contribution < -0.4 is 16.6 Å². The Labute approximate surface area is 124 Å². The molecule has 0 bridgehead atoms. The Morgan fingerprint density at radius 3 is 2.75 bits per heavy atom. The number of benzene rings is 1. The summed E-state index contributed by atoms with van der Waals surface area (Å²) in [6.07, 6.45) is 3.08. The van der Waals surface area contributed by atoms with Crippen molar-refractivity contribution in [3.63, 3.8) is 0 Å². The summed E-state index contributed by atoms with van der Waals surface area (Å²) in [5, 5.41) is 3.11. The molecule has 0 saturated heterocycles. The minimum absolute atomic E-state index is 0.320. The van der Waals surface area contributed by atoms with Crippen molar-refractivity contribution in [3.05, 3.63) is 40.4 Å². The lowest BCUT2D eigenvalue weighted by atomic mass is 10.1. The maximum atomic E-state index is 13.3. The third-order valence-corrected chi connectivity index (χ3v) is 3.46. The van der Waals surface area contributed by atoms with Gasteiger partial charge in [0.15, 0.2) is 0 Å². The lowest BCUT2D eigenvalue weighted by Gasteiger charge is -2.14. The van der Waals surface area contributed by atoms with Gasteiger partial charge in [0.25, 0.3) is 0 Å². The third-order valence-electron chi connectivity index (χ3n) is 2.76. The van der Waals surface area contributed by atoms with E-state index in [1.807, 2.05) is 0 Å². The number of nitrogen functional groups attached to an aromatic ring is 1. The van der Waals surface area contributed by atoms with E-state index in [4.69, 9.17) is 5.84 Å². The van der Waals surface area contributed by atoms with Gasteiger partial charge in [0, 0.05) is 10.0 Å². The molecule has 20 heavy (non-hydrogen) atoms. The molecule has 1 aromatic heterocycles. The van der Waals surface area contributed by atoms with Crippen LogP contribution in [0.4, 0.5) is 21.7 Å². The van der Waals surface area contributed by atoms with Crippen LogP contribution >= 0.6 is 15.9 Å². The fraction of sp³-hybridized carbons (Fsp3) is 0.231. The average molecular weight is 340 g/mol. The number of halogens is 2. The summed E-state index contributed by atoms with van der Waals surface area (Å²) in [6, 6.07) is 4.42. The summed E-state index contributed by atoms with van der Waals surface area (Å²) in [7, 11) is 0. The third kappa shape index (κ3) is 3.23. The van der Waals surface area contributed by atoms with Crippen LogP contribution in [0.1, 0.15) is 18.9 Å². The van der Waals surface area contributed by atoms with Gasteiger partial charge in [0.2, 0.25) is 0 Å². The molecule has 0 aliphatic rings. The highest BCUT2D eigenvalue weighted by atomic mass is 79.9. The highest BCUT2D eigenvalue weighted by molar-refractivity contribution is 9.10. The van der Waals surface area contributed by atoms with E-state index in [0.29, 0.717) is 17.3 Å². The molecule has 0 aliphatic carbocycles. The number of hydrazine groups is 1. The van der Waals surface area contributed by atoms with Crippen molar-refractivity contribution in [2.24, 2.45) is 5.84 Å². The van der Waals surface area contributed by atoms with Gasteiger partial charge in [0.1, 0.15) is 23.8 Å². The van der Waals surface area contributed by atoms with Crippen molar-refractivity contribution >= 4 is 33.3 Å². The van der Waals surface area contributed by atoms with Crippen LogP contribution in [0.25, 0.3) is 0 Å². The summed E-state index contributed by atoms with van der Waals surface area (Å²) in [4.78, 5) is 8.30. The maximum absolute atomic E-state index is 13.3. The lowest BCUT2D eigenvalue weighted by molar-refractivity contribution is 0.628. The maximum Gasteiger partial charge on any atom is 0.148 e. The number of hydrogen-bond acceptors (Lipinski definition) is 5. The first-order chi connectivity index (χ1) is 9.65. The second-order valence-electron chi connectivity index (χ2n) is 4.19. The van der Waals surface area contributed by atoms with Crippen LogP contribution in [0, 0.1) is 5.82 Å². The van der Waals surface area contributed by atoms with E-state index in [1.165, 1.54) is 18.5 Å². The van der Waals surface area contributed by atoms with Crippen molar-refractivity contribution < 1.29 is 4.39 Å². The predicted octanol–water partition coefficient (Wildman–Crippen LogP) is 3.36. The topological polar surface area (TPSA) is 75.9 Å². The Morgan fingerprint density at radius 1 is 1.30 bits per heavy atom. The number of aromatic nitrogens is 2. The van der Waals surface area contributed by atoms with Crippen molar-refractivity contribution in [2.45, 2.75) is 19.8 Å². The predicted molar refractivity (Wildman–Crippen MR) is 81.2 cm³/mol. The van der Waals surface area contributed by atoms with E-state index in [0.717, 1.165) is 22.9 Å². The second-order valence-corrected chi connectivity index (χ2v) is 5.05. The number of anilines is 3. The monoisotopic (exact) mass is 339 g/mol. The van der Waals surface area contributed by atoms with Crippen LogP contribution in [0.3, 0.4) is 0 Å². The number of nitrogens with zero attached hydrogens (tertiary/aromatic N) is 2. The van der Waals surface area contributed by atoms with Gasteiger partial charge in [-0.15, -0.1) is 0 Å². The Balaban J connectivity index is 2.39. The van der Waals surface area contributed by atoms with Crippen molar-refractivity contribution in [2.75, 3.05) is 10.7 Å². The Morgan fingerprint density at radius 2 is 2.05 bits per heavy atom. The van der Waals surface area contributed by atoms with Crippen LogP contribution in [0.2, 0.25) is 0 Å². The number of rotatable bonds is 5. The first-order valence-corrected chi connectivity index (χ1v) is 6.97. The molecule has 2 rings (SSSR count). The van der Waals surface area contributed by atoms with E-state index < -0.39 is 0 Å². The van der Waals surface area contributed by atoms with Crippen LogP contribution in [-0.2, 0) is 6.42 Å². The molecule has 1 aromatic carbocycles. The molecule has 0 amide bonds. The first kappa shape index (κ1) is 14.7. The van der Waals surface area contributed by atoms with Gasteiger partial charge in [-0.3, -0.25) is 0 Å². The second kappa shape index (κ2) is 6.62. The highest BCUT2D eigenvalue weighted by Gasteiger charge is 2.11. The van der Waals surface area contributed by atoms with E-state index >= 15 is 0 Å². The molecule has 4 N–H and O–H groups in total. The number of nitrogens with two attached hydrogens (primary N) is 1. The molecule has 5 nitrogen and oxygen atoms in total. The van der Waals surface area contributed by atoms with Gasteiger partial charge in [0.05, 0.1) is 5.69 Å². The summed E-state index contributed by atoms with van der Waals surface area (Å²) in [6.45, 7) is 2.05. The van der Waals surface area contributed by atoms with Gasteiger partial charge in [-0.1, -0.05) is 13.3 Å². The molecule has 0 spiro atoms. The molecular weight excluding hydrogens is 325 g/mol. The Hall–Kier alpha value is -1.73. The number of hydrogen-bond donors (Lipinski definition) is 3. The SMILES string of the molecule is CCCc1c(NN)ncnc1Nc1cc(F)ccc1Br. The summed E-state index contributed by atoms with van der Waals surface area (Å²) in [5.74, 6) is 6.32. The van der Waals surface area contributed by atoms with Gasteiger partial charge >= 0.3 is 0 Å². The molecule has 0 fully saturated rings. The number of nitrogens with one attached hydrogen (secondary N) is 2. The van der Waals surface area contributed by atoms with E-state index in [-0.39, 0.29) is 5.82 Å². The Bertz CT molecular complexity index is 605. The average Bonchev–Trinajstić information content (AvgIpc) is 2.45. The highest BCUT2D eigenvalue weighted by Crippen LogP contribution is 2.29. The van der Waals surface area contributed by atoms with Gasteiger partial charge in [-0.05, 0) is 40.5 Å². The molecule has 106 valence electrons. The van der Waals surface area contributed by atoms with Gasteiger partial charge in [-0.25, -0.2) is 20.2 Å². The van der Waals surface area contributed by atoms with Crippen molar-refractivity contribution in [3.8, 4) is 0 Å². The largest absolute Gasteiger partial charge is 0.339 e. The fourth-order valence-corrected chi connectivity index (χ4v) is 2.20. The van der Waals surface area contributed by atoms with Crippen molar-refractivity contribution in [1.29, 1.82) is 0 Å². The van der Waals surface area contributed by atoms with Crippen LogP contribution in [0.5, 0.6) is 0 Å². The van der Waals surface area contributed by atoms with Gasteiger partial charge in [-0.2, -0.15) is 0 Å². The van der Waals surface area contributed by atoms with Crippen LogP contribution in [0.15, 0.2) is 29.0 Å². The van der Waals surface area contributed by atoms with E-state index in [9.17, 15) is 4.39 Å². The molecule has 0 atom stereocenters. The van der Waals surface area contributed by atoms with Gasteiger partial charge < -0.3 is 10.7 Å². The molecule has 2 aromatic rings. The minimum Gasteiger partial charge on any atom is -0.339 e. The molecule has 1 heterocycles. The quantitative estimate of drug-likeness (QED) is 0.575. The summed E-state index contributed by atoms with van der Waals surface area (Å²) < 4.78 is 14.1. The zero-order valence-electron chi connectivity index (χ0n) is 11.0. The molecule has 0 radical (unpaired) electrons.